The molecule has 1 amide bonds. The SMILES string of the molecule is C#CCCC1(CCNC(=O)c2nc(C3CC3)n(-c3ccccc3)n2)N=N1. The highest BCUT2D eigenvalue weighted by Crippen LogP contribution is 2.39. The van der Waals surface area contributed by atoms with Crippen molar-refractivity contribution in [2.45, 2.75) is 43.7 Å². The Morgan fingerprint density at radius 2 is 2.04 bits per heavy atom. The number of benzene rings is 1. The van der Waals surface area contributed by atoms with Crippen LogP contribution >= 0.6 is 0 Å². The summed E-state index contributed by atoms with van der Waals surface area (Å²) in [6.45, 7) is 0.467. The van der Waals surface area contributed by atoms with E-state index in [-0.39, 0.29) is 11.7 Å². The highest BCUT2D eigenvalue weighted by atomic mass is 16.2. The Morgan fingerprint density at radius 3 is 2.69 bits per heavy atom. The van der Waals surface area contributed by atoms with Gasteiger partial charge in [-0.1, -0.05) is 18.2 Å². The third-order valence-corrected chi connectivity index (χ3v) is 4.64. The van der Waals surface area contributed by atoms with E-state index in [1.807, 2.05) is 30.3 Å². The highest BCUT2D eigenvalue weighted by molar-refractivity contribution is 5.90. The van der Waals surface area contributed by atoms with Gasteiger partial charge >= 0.3 is 0 Å². The van der Waals surface area contributed by atoms with Crippen LogP contribution in [0.3, 0.4) is 0 Å². The fraction of sp³-hybridized carbons (Fsp3) is 0.421. The molecule has 4 rings (SSSR count). The molecule has 26 heavy (non-hydrogen) atoms. The molecule has 1 aliphatic heterocycles. The van der Waals surface area contributed by atoms with Crippen LogP contribution in [0, 0.1) is 12.3 Å². The van der Waals surface area contributed by atoms with Gasteiger partial charge in [-0.15, -0.1) is 17.4 Å². The van der Waals surface area contributed by atoms with Crippen LogP contribution in [0.4, 0.5) is 0 Å². The fourth-order valence-electron chi connectivity index (χ4n) is 2.91. The number of aromatic nitrogens is 3. The predicted octanol–water partition coefficient (Wildman–Crippen LogP) is 2.84. The number of hydrogen-bond acceptors (Lipinski definition) is 5. The summed E-state index contributed by atoms with van der Waals surface area (Å²) in [7, 11) is 0. The molecule has 0 saturated heterocycles. The number of nitrogens with one attached hydrogen (secondary N) is 1. The topological polar surface area (TPSA) is 84.5 Å². The first-order valence-corrected chi connectivity index (χ1v) is 8.89. The van der Waals surface area contributed by atoms with E-state index in [1.165, 1.54) is 0 Å². The summed E-state index contributed by atoms with van der Waals surface area (Å²) in [5, 5.41) is 15.5. The number of rotatable bonds is 8. The van der Waals surface area contributed by atoms with Gasteiger partial charge in [0.2, 0.25) is 5.82 Å². The van der Waals surface area contributed by atoms with E-state index in [1.54, 1.807) is 4.68 Å². The third-order valence-electron chi connectivity index (χ3n) is 4.64. The largest absolute Gasteiger partial charge is 0.349 e. The normalized spacial score (nSPS) is 16.9. The smallest absolute Gasteiger partial charge is 0.290 e. The van der Waals surface area contributed by atoms with Crippen molar-refractivity contribution in [2.24, 2.45) is 10.2 Å². The maximum absolute atomic E-state index is 12.5. The Balaban J connectivity index is 1.41. The van der Waals surface area contributed by atoms with Gasteiger partial charge in [0.15, 0.2) is 5.66 Å². The quantitative estimate of drug-likeness (QED) is 0.745. The number of carbonyl (C=O) groups is 1. The minimum Gasteiger partial charge on any atom is -0.349 e. The van der Waals surface area contributed by atoms with Crippen molar-refractivity contribution in [3.63, 3.8) is 0 Å². The molecule has 2 aliphatic rings. The van der Waals surface area contributed by atoms with Crippen LogP contribution in [0.5, 0.6) is 0 Å². The van der Waals surface area contributed by atoms with E-state index in [9.17, 15) is 4.79 Å². The van der Waals surface area contributed by atoms with Crippen molar-refractivity contribution in [3.8, 4) is 18.0 Å². The molecule has 1 fully saturated rings. The lowest BCUT2D eigenvalue weighted by Gasteiger charge is -2.08. The van der Waals surface area contributed by atoms with Crippen molar-refractivity contribution >= 4 is 5.91 Å². The van der Waals surface area contributed by atoms with E-state index in [4.69, 9.17) is 6.42 Å². The van der Waals surface area contributed by atoms with Crippen LogP contribution < -0.4 is 5.32 Å². The van der Waals surface area contributed by atoms with E-state index in [0.29, 0.717) is 25.3 Å². The maximum Gasteiger partial charge on any atom is 0.290 e. The number of terminal acetylenes is 1. The van der Waals surface area contributed by atoms with Crippen molar-refractivity contribution in [1.29, 1.82) is 0 Å². The molecule has 132 valence electrons. The first-order valence-electron chi connectivity index (χ1n) is 8.89. The summed E-state index contributed by atoms with van der Waals surface area (Å²) in [5.74, 6) is 3.79. The molecule has 0 spiro atoms. The van der Waals surface area contributed by atoms with Gasteiger partial charge in [0.1, 0.15) is 5.82 Å². The monoisotopic (exact) mass is 348 g/mol. The van der Waals surface area contributed by atoms with E-state index in [2.05, 4.69) is 31.5 Å². The molecule has 1 saturated carbocycles. The Kier molecular flexibility index (Phi) is 4.25. The van der Waals surface area contributed by atoms with E-state index >= 15 is 0 Å². The average molecular weight is 348 g/mol. The van der Waals surface area contributed by atoms with Crippen molar-refractivity contribution in [3.05, 3.63) is 42.0 Å². The molecule has 1 N–H and O–H groups in total. The van der Waals surface area contributed by atoms with Gasteiger partial charge in [0.25, 0.3) is 5.91 Å². The van der Waals surface area contributed by atoms with Gasteiger partial charge in [-0.05, 0) is 25.0 Å². The van der Waals surface area contributed by atoms with Crippen molar-refractivity contribution in [1.82, 2.24) is 20.1 Å². The summed E-state index contributed by atoms with van der Waals surface area (Å²) in [6, 6.07) is 9.79. The van der Waals surface area contributed by atoms with Crippen LogP contribution in [0.1, 0.15) is 54.5 Å². The molecular formula is C19H20N6O. The maximum atomic E-state index is 12.5. The molecule has 1 aromatic heterocycles. The predicted molar refractivity (Wildman–Crippen MR) is 95.9 cm³/mol. The zero-order valence-corrected chi connectivity index (χ0v) is 14.4. The first kappa shape index (κ1) is 16.5. The summed E-state index contributed by atoms with van der Waals surface area (Å²) >= 11 is 0. The average Bonchev–Trinajstić information content (AvgIpc) is 3.60. The second-order valence-corrected chi connectivity index (χ2v) is 6.71. The molecule has 0 unspecified atom stereocenters. The zero-order chi connectivity index (χ0) is 18.0. The van der Waals surface area contributed by atoms with Gasteiger partial charge in [-0.3, -0.25) is 4.79 Å². The second-order valence-electron chi connectivity index (χ2n) is 6.71. The second kappa shape index (κ2) is 6.71. The van der Waals surface area contributed by atoms with Crippen LogP contribution in [0.15, 0.2) is 40.6 Å². The Morgan fingerprint density at radius 1 is 1.27 bits per heavy atom. The van der Waals surface area contributed by atoms with Gasteiger partial charge < -0.3 is 5.32 Å². The Labute approximate surface area is 151 Å². The minimum absolute atomic E-state index is 0.207. The Hall–Kier alpha value is -3.01. The molecule has 7 heteroatoms. The molecule has 1 aromatic carbocycles. The van der Waals surface area contributed by atoms with Crippen LogP contribution in [0.2, 0.25) is 0 Å². The summed E-state index contributed by atoms with van der Waals surface area (Å²) in [5.41, 5.74) is 0.528. The summed E-state index contributed by atoms with van der Waals surface area (Å²) in [6.07, 6.45) is 9.48. The lowest BCUT2D eigenvalue weighted by atomic mass is 10.0. The van der Waals surface area contributed by atoms with Gasteiger partial charge in [-0.25, -0.2) is 9.67 Å². The lowest BCUT2D eigenvalue weighted by Crippen LogP contribution is -2.29. The molecule has 0 bridgehead atoms. The van der Waals surface area contributed by atoms with Gasteiger partial charge in [0, 0.05) is 31.7 Å². The highest BCUT2D eigenvalue weighted by Gasteiger charge is 2.38. The molecule has 1 aliphatic carbocycles. The Bertz CT molecular complexity index is 869. The van der Waals surface area contributed by atoms with Gasteiger partial charge in [-0.2, -0.15) is 10.2 Å². The van der Waals surface area contributed by atoms with Crippen LogP contribution in [-0.4, -0.2) is 32.9 Å². The van der Waals surface area contributed by atoms with E-state index < -0.39 is 5.66 Å². The first-order chi connectivity index (χ1) is 12.7. The van der Waals surface area contributed by atoms with Crippen molar-refractivity contribution in [2.75, 3.05) is 6.54 Å². The number of para-hydroxylation sites is 1. The summed E-state index contributed by atoms with van der Waals surface area (Å²) < 4.78 is 1.78. The van der Waals surface area contributed by atoms with Gasteiger partial charge in [0.05, 0.1) is 5.69 Å². The molecule has 0 radical (unpaired) electrons. The van der Waals surface area contributed by atoms with E-state index in [0.717, 1.165) is 30.8 Å². The zero-order valence-electron chi connectivity index (χ0n) is 14.4. The number of hydrogen-bond donors (Lipinski definition) is 1. The fourth-order valence-corrected chi connectivity index (χ4v) is 2.91. The molecule has 2 heterocycles. The molecule has 0 atom stereocenters. The van der Waals surface area contributed by atoms with Crippen LogP contribution in [0.25, 0.3) is 5.69 Å². The number of amides is 1. The number of carbonyl (C=O) groups excluding carboxylic acids is 1. The van der Waals surface area contributed by atoms with Crippen molar-refractivity contribution < 1.29 is 4.79 Å². The minimum atomic E-state index is -0.393. The number of nitrogens with zero attached hydrogens (tertiary/aromatic N) is 5. The lowest BCUT2D eigenvalue weighted by molar-refractivity contribution is 0.0941. The van der Waals surface area contributed by atoms with Crippen LogP contribution in [-0.2, 0) is 0 Å². The molecule has 2 aromatic rings. The standard InChI is InChI=1S/C19H20N6O/c1-2-3-11-19(23-24-19)12-13-20-18(26)16-21-17(14-9-10-14)25(22-16)15-7-5-4-6-8-15/h1,4-8,14H,3,9-13H2,(H,20,26). The third kappa shape index (κ3) is 3.49. The molecule has 7 nitrogen and oxygen atoms in total. The molecular weight excluding hydrogens is 328 g/mol. The summed E-state index contributed by atoms with van der Waals surface area (Å²) in [4.78, 5) is 17.0.